The Labute approximate surface area is 197 Å². The summed E-state index contributed by atoms with van der Waals surface area (Å²) in [5.41, 5.74) is -3.98. The van der Waals surface area contributed by atoms with Crippen molar-refractivity contribution in [3.63, 3.8) is 0 Å². The highest BCUT2D eigenvalue weighted by Crippen LogP contribution is 2.63. The Balaban J connectivity index is 2.85. The predicted octanol–water partition coefficient (Wildman–Crippen LogP) is 6.15. The van der Waals surface area contributed by atoms with Gasteiger partial charge in [-0.15, -0.1) is 0 Å². The average Bonchev–Trinajstić information content (AvgIpc) is 2.68. The molecule has 32 heavy (non-hydrogen) atoms. The Kier molecular flexibility index (Phi) is 9.06. The van der Waals surface area contributed by atoms with Crippen molar-refractivity contribution in [1.82, 2.24) is 0 Å². The first kappa shape index (κ1) is 27.4. The molecule has 2 N–H and O–H groups in total. The highest BCUT2D eigenvalue weighted by Gasteiger charge is 2.72. The fraction of sp³-hybridized carbons (Fsp3) is 0.893. The Hall–Kier alpha value is -0.870. The second kappa shape index (κ2) is 10.6. The number of carbonyl (C=O) groups excluding carboxylic acids is 1. The summed E-state index contributed by atoms with van der Waals surface area (Å²) < 4.78 is 5.80. The van der Waals surface area contributed by atoms with Crippen LogP contribution in [0.2, 0.25) is 0 Å². The molecule has 186 valence electrons. The first-order valence-corrected chi connectivity index (χ1v) is 13.1. The zero-order valence-corrected chi connectivity index (χ0v) is 21.8. The van der Waals surface area contributed by atoms with Crippen LogP contribution in [0, 0.1) is 40.9 Å². The van der Waals surface area contributed by atoms with Crippen molar-refractivity contribution in [3.8, 4) is 0 Å². The lowest BCUT2D eigenvalue weighted by Crippen LogP contribution is -2.73. The van der Waals surface area contributed by atoms with Gasteiger partial charge in [0.25, 0.3) is 0 Å². The molecule has 0 saturated heterocycles. The smallest absolute Gasteiger partial charge is 0.318 e. The summed E-state index contributed by atoms with van der Waals surface area (Å²) in [5, 5.41) is 25.6. The van der Waals surface area contributed by atoms with E-state index in [9.17, 15) is 15.0 Å². The maximum Gasteiger partial charge on any atom is 0.318 e. The molecular formula is C28H50O4. The molecule has 0 bridgehead atoms. The molecule has 2 aliphatic carbocycles. The predicted molar refractivity (Wildman–Crippen MR) is 131 cm³/mol. The zero-order chi connectivity index (χ0) is 24.3. The lowest BCUT2D eigenvalue weighted by molar-refractivity contribution is -0.276. The normalized spacial score (nSPS) is 37.8. The summed E-state index contributed by atoms with van der Waals surface area (Å²) in [6.45, 7) is 18.8. The van der Waals surface area contributed by atoms with Crippen LogP contribution in [-0.4, -0.2) is 34.0 Å². The highest BCUT2D eigenvalue weighted by molar-refractivity contribution is 5.81. The fourth-order valence-corrected chi connectivity index (χ4v) is 7.62. The zero-order valence-electron chi connectivity index (χ0n) is 21.8. The molecule has 2 rings (SSSR count). The average molecular weight is 451 g/mol. The van der Waals surface area contributed by atoms with Gasteiger partial charge >= 0.3 is 5.97 Å². The maximum atomic E-state index is 14.2. The summed E-state index contributed by atoms with van der Waals surface area (Å²) in [6.07, 6.45) is 7.58. The number of rotatable bonds is 9. The first-order chi connectivity index (χ1) is 14.9. The van der Waals surface area contributed by atoms with Crippen molar-refractivity contribution in [2.45, 2.75) is 111 Å². The van der Waals surface area contributed by atoms with Gasteiger partial charge in [0, 0.05) is 0 Å². The Bertz CT molecular complexity index is 603. The van der Waals surface area contributed by atoms with Gasteiger partial charge < -0.3 is 14.9 Å². The standard InChI is InChI=1S/C28H50O4/c1-9-15-26(25(29)32-16-10-2,27(30)17-21(7)11-13-23(27)19(3)4)28(31)18-22(8)12-14-24(28)20(5)6/h10,19-24,30-31H,2,9,11-18H2,1,3-8H3. The van der Waals surface area contributed by atoms with E-state index in [1.54, 1.807) is 6.08 Å². The molecule has 6 atom stereocenters. The van der Waals surface area contributed by atoms with Gasteiger partial charge in [-0.3, -0.25) is 4.79 Å². The monoisotopic (exact) mass is 450 g/mol. The van der Waals surface area contributed by atoms with Crippen molar-refractivity contribution in [1.29, 1.82) is 0 Å². The van der Waals surface area contributed by atoms with E-state index in [0.29, 0.717) is 37.5 Å². The Morgan fingerprint density at radius 2 is 1.44 bits per heavy atom. The van der Waals surface area contributed by atoms with Gasteiger partial charge in [-0.2, -0.15) is 0 Å². The van der Waals surface area contributed by atoms with Gasteiger partial charge in [0.2, 0.25) is 0 Å². The summed E-state index contributed by atoms with van der Waals surface area (Å²) in [6, 6.07) is 0. The first-order valence-electron chi connectivity index (χ1n) is 13.1. The van der Waals surface area contributed by atoms with Crippen LogP contribution < -0.4 is 0 Å². The van der Waals surface area contributed by atoms with Crippen molar-refractivity contribution < 1.29 is 19.7 Å². The van der Waals surface area contributed by atoms with E-state index in [1.807, 2.05) is 0 Å². The third kappa shape index (κ3) is 4.56. The molecule has 4 nitrogen and oxygen atoms in total. The van der Waals surface area contributed by atoms with Gasteiger partial charge in [0.15, 0.2) is 0 Å². The highest BCUT2D eigenvalue weighted by atomic mass is 16.5. The van der Waals surface area contributed by atoms with Crippen LogP contribution in [-0.2, 0) is 9.53 Å². The molecular weight excluding hydrogens is 400 g/mol. The summed E-state index contributed by atoms with van der Waals surface area (Å²) in [5.74, 6) is 0.451. The molecule has 0 radical (unpaired) electrons. The van der Waals surface area contributed by atoms with E-state index in [4.69, 9.17) is 4.74 Å². The van der Waals surface area contributed by atoms with E-state index < -0.39 is 22.6 Å². The topological polar surface area (TPSA) is 66.8 Å². The number of ether oxygens (including phenoxy) is 1. The van der Waals surface area contributed by atoms with Crippen LogP contribution >= 0.6 is 0 Å². The maximum absolute atomic E-state index is 14.2. The van der Waals surface area contributed by atoms with E-state index in [2.05, 4.69) is 55.0 Å². The lowest BCUT2D eigenvalue weighted by Gasteiger charge is -2.63. The minimum Gasteiger partial charge on any atom is -0.461 e. The van der Waals surface area contributed by atoms with Crippen molar-refractivity contribution >= 4 is 5.97 Å². The van der Waals surface area contributed by atoms with E-state index in [-0.39, 0.29) is 30.3 Å². The SMILES string of the molecule is C=CCOC(=O)C(CCC)(C1(O)CC(C)CCC1C(C)C)C1(O)CC(C)CCC1C(C)C. The van der Waals surface area contributed by atoms with Crippen LogP contribution in [0.3, 0.4) is 0 Å². The fourth-order valence-electron chi connectivity index (χ4n) is 7.62. The molecule has 6 unspecified atom stereocenters. The van der Waals surface area contributed by atoms with E-state index in [1.165, 1.54) is 0 Å². The van der Waals surface area contributed by atoms with Crippen LogP contribution in [0.5, 0.6) is 0 Å². The molecule has 2 saturated carbocycles. The van der Waals surface area contributed by atoms with Gasteiger partial charge in [-0.1, -0.05) is 80.4 Å². The summed E-state index contributed by atoms with van der Waals surface area (Å²) in [7, 11) is 0. The molecule has 0 aromatic carbocycles. The molecule has 0 amide bonds. The largest absolute Gasteiger partial charge is 0.461 e. The molecule has 0 spiro atoms. The van der Waals surface area contributed by atoms with E-state index in [0.717, 1.165) is 25.7 Å². The number of carbonyl (C=O) groups is 1. The third-order valence-corrected chi connectivity index (χ3v) is 8.88. The Morgan fingerprint density at radius 1 is 1.00 bits per heavy atom. The molecule has 0 heterocycles. The molecule has 2 fully saturated rings. The third-order valence-electron chi connectivity index (χ3n) is 8.88. The van der Waals surface area contributed by atoms with Crippen molar-refractivity contribution in [3.05, 3.63) is 12.7 Å². The molecule has 2 aliphatic rings. The van der Waals surface area contributed by atoms with Crippen LogP contribution in [0.25, 0.3) is 0 Å². The quantitative estimate of drug-likeness (QED) is 0.327. The second-order valence-electron chi connectivity index (χ2n) is 11.9. The molecule has 0 aromatic rings. The Morgan fingerprint density at radius 3 is 1.78 bits per heavy atom. The molecule has 0 aromatic heterocycles. The minimum absolute atomic E-state index is 0.0596. The van der Waals surface area contributed by atoms with Gasteiger partial charge in [0.1, 0.15) is 12.0 Å². The minimum atomic E-state index is -1.36. The number of aliphatic hydroxyl groups is 2. The lowest BCUT2D eigenvalue weighted by atomic mass is 9.44. The van der Waals surface area contributed by atoms with Gasteiger partial charge in [0.05, 0.1) is 11.2 Å². The summed E-state index contributed by atoms with van der Waals surface area (Å²) >= 11 is 0. The van der Waals surface area contributed by atoms with Crippen molar-refractivity contribution in [2.24, 2.45) is 40.9 Å². The van der Waals surface area contributed by atoms with Gasteiger partial charge in [-0.25, -0.2) is 0 Å². The van der Waals surface area contributed by atoms with Crippen LogP contribution in [0.15, 0.2) is 12.7 Å². The molecule has 0 aliphatic heterocycles. The number of esters is 1. The number of hydrogen-bond acceptors (Lipinski definition) is 4. The van der Waals surface area contributed by atoms with Crippen LogP contribution in [0.1, 0.15) is 99.8 Å². The van der Waals surface area contributed by atoms with E-state index >= 15 is 0 Å². The van der Waals surface area contributed by atoms with Gasteiger partial charge in [-0.05, 0) is 67.6 Å². The second-order valence-corrected chi connectivity index (χ2v) is 11.9. The van der Waals surface area contributed by atoms with Crippen LogP contribution in [0.4, 0.5) is 0 Å². The molecule has 4 heteroatoms. The van der Waals surface area contributed by atoms with Crippen molar-refractivity contribution in [2.75, 3.05) is 6.61 Å². The number of hydrogen-bond donors (Lipinski definition) is 2. The summed E-state index contributed by atoms with van der Waals surface area (Å²) in [4.78, 5) is 14.2.